The molecule has 1 aromatic rings. The van der Waals surface area contributed by atoms with Crippen LogP contribution in [-0.2, 0) is 21.2 Å². The van der Waals surface area contributed by atoms with Gasteiger partial charge in [0.1, 0.15) is 4.21 Å². The second-order valence-corrected chi connectivity index (χ2v) is 7.93. The molecule has 1 heterocycles. The van der Waals surface area contributed by atoms with Crippen molar-refractivity contribution >= 4 is 27.3 Å². The molecule has 7 heteroatoms. The molecule has 0 aliphatic heterocycles. The minimum atomic E-state index is -3.66. The van der Waals surface area contributed by atoms with E-state index in [1.54, 1.807) is 6.07 Å². The van der Waals surface area contributed by atoms with Crippen LogP contribution in [-0.4, -0.2) is 19.9 Å². The summed E-state index contributed by atoms with van der Waals surface area (Å²) >= 11 is 1.05. The van der Waals surface area contributed by atoms with Crippen molar-refractivity contribution in [1.82, 2.24) is 5.32 Å². The smallest absolute Gasteiger partial charge is 0.247 e. The fourth-order valence-corrected chi connectivity index (χ4v) is 4.05. The number of primary sulfonamides is 1. The summed E-state index contributed by atoms with van der Waals surface area (Å²) in [5.74, 6) is -0.0515. The monoisotopic (exact) mass is 302 g/mol. The van der Waals surface area contributed by atoms with E-state index in [9.17, 15) is 13.2 Å². The van der Waals surface area contributed by atoms with Crippen LogP contribution in [0.4, 0.5) is 0 Å². The molecule has 0 atom stereocenters. The Morgan fingerprint density at radius 1 is 1.47 bits per heavy atom. The molecule has 1 aliphatic carbocycles. The summed E-state index contributed by atoms with van der Waals surface area (Å²) in [4.78, 5) is 12.7. The predicted octanol–water partition coefficient (Wildman–Crippen LogP) is 1.39. The number of carbonyl (C=O) groups excluding carboxylic acids is 1. The molecule has 0 saturated heterocycles. The van der Waals surface area contributed by atoms with Gasteiger partial charge in [-0.3, -0.25) is 4.79 Å². The number of rotatable bonds is 5. The molecule has 106 valence electrons. The first-order chi connectivity index (χ1) is 8.85. The molecule has 5 nitrogen and oxygen atoms in total. The minimum Gasteiger partial charge on any atom is -0.350 e. The van der Waals surface area contributed by atoms with Crippen LogP contribution in [0.25, 0.3) is 0 Å². The highest BCUT2D eigenvalue weighted by atomic mass is 32.2. The molecule has 1 aliphatic rings. The van der Waals surface area contributed by atoms with E-state index >= 15 is 0 Å². The molecular weight excluding hydrogens is 284 g/mol. The highest BCUT2D eigenvalue weighted by Gasteiger charge is 2.36. The predicted molar refractivity (Wildman–Crippen MR) is 74.4 cm³/mol. The SMILES string of the molecule is CCC1(NC(=O)Cc2ccc(S(N)(=O)=O)s2)CCC1. The molecular formula is C12H18N2O3S2. The number of sulfonamides is 1. The van der Waals surface area contributed by atoms with Crippen LogP contribution >= 0.6 is 11.3 Å². The van der Waals surface area contributed by atoms with E-state index in [-0.39, 0.29) is 22.1 Å². The lowest BCUT2D eigenvalue weighted by Gasteiger charge is -2.42. The molecule has 0 bridgehead atoms. The Balaban J connectivity index is 1.98. The lowest BCUT2D eigenvalue weighted by molar-refractivity contribution is -0.123. The average Bonchev–Trinajstić information content (AvgIpc) is 2.71. The molecule has 1 amide bonds. The van der Waals surface area contributed by atoms with E-state index in [0.717, 1.165) is 37.0 Å². The number of hydrogen-bond acceptors (Lipinski definition) is 4. The summed E-state index contributed by atoms with van der Waals surface area (Å²) in [7, 11) is -3.66. The molecule has 2 rings (SSSR count). The Bertz CT molecular complexity index is 568. The molecule has 3 N–H and O–H groups in total. The largest absolute Gasteiger partial charge is 0.350 e. The van der Waals surface area contributed by atoms with Gasteiger partial charge in [-0.25, -0.2) is 13.6 Å². The number of nitrogens with one attached hydrogen (secondary N) is 1. The van der Waals surface area contributed by atoms with Gasteiger partial charge in [0.15, 0.2) is 0 Å². The zero-order chi connectivity index (χ0) is 14.1. The second kappa shape index (κ2) is 5.22. The van der Waals surface area contributed by atoms with Gasteiger partial charge < -0.3 is 5.32 Å². The van der Waals surface area contributed by atoms with Crippen molar-refractivity contribution in [1.29, 1.82) is 0 Å². The number of thiophene rings is 1. The Morgan fingerprint density at radius 3 is 2.58 bits per heavy atom. The number of amides is 1. The summed E-state index contributed by atoms with van der Waals surface area (Å²) in [6.07, 6.45) is 4.36. The van der Waals surface area contributed by atoms with Crippen molar-refractivity contribution in [3.63, 3.8) is 0 Å². The molecule has 0 radical (unpaired) electrons. The van der Waals surface area contributed by atoms with Gasteiger partial charge in [0, 0.05) is 10.4 Å². The van der Waals surface area contributed by atoms with Gasteiger partial charge in [-0.05, 0) is 37.8 Å². The maximum Gasteiger partial charge on any atom is 0.247 e. The third-order valence-electron chi connectivity index (χ3n) is 3.64. The van der Waals surface area contributed by atoms with Gasteiger partial charge in [0.2, 0.25) is 15.9 Å². The van der Waals surface area contributed by atoms with Crippen LogP contribution in [0.5, 0.6) is 0 Å². The maximum atomic E-state index is 12.0. The van der Waals surface area contributed by atoms with Crippen LogP contribution in [0.1, 0.15) is 37.5 Å². The first-order valence-corrected chi connectivity index (χ1v) is 8.63. The van der Waals surface area contributed by atoms with E-state index in [1.165, 1.54) is 6.07 Å². The first kappa shape index (κ1) is 14.5. The molecule has 19 heavy (non-hydrogen) atoms. The van der Waals surface area contributed by atoms with Crippen LogP contribution in [0.2, 0.25) is 0 Å². The quantitative estimate of drug-likeness (QED) is 0.861. The van der Waals surface area contributed by atoms with Crippen molar-refractivity contribution in [3.8, 4) is 0 Å². The van der Waals surface area contributed by atoms with E-state index in [0.29, 0.717) is 4.88 Å². The molecule has 1 aromatic heterocycles. The van der Waals surface area contributed by atoms with Gasteiger partial charge >= 0.3 is 0 Å². The number of hydrogen-bond donors (Lipinski definition) is 2. The van der Waals surface area contributed by atoms with Crippen LogP contribution < -0.4 is 10.5 Å². The molecule has 1 saturated carbocycles. The minimum absolute atomic E-state index is 0.0306. The van der Waals surface area contributed by atoms with E-state index in [1.807, 2.05) is 0 Å². The highest BCUT2D eigenvalue weighted by molar-refractivity contribution is 7.91. The van der Waals surface area contributed by atoms with E-state index in [4.69, 9.17) is 5.14 Å². The second-order valence-electron chi connectivity index (χ2n) is 4.98. The highest BCUT2D eigenvalue weighted by Crippen LogP contribution is 2.34. The summed E-state index contributed by atoms with van der Waals surface area (Å²) in [6.45, 7) is 2.07. The van der Waals surface area contributed by atoms with E-state index < -0.39 is 10.0 Å². The molecule has 0 aromatic carbocycles. The Kier molecular flexibility index (Phi) is 3.98. The van der Waals surface area contributed by atoms with Crippen molar-refractivity contribution < 1.29 is 13.2 Å². The molecule has 1 fully saturated rings. The zero-order valence-corrected chi connectivity index (χ0v) is 12.4. The third-order valence-corrected chi connectivity index (χ3v) is 6.17. The normalized spacial score (nSPS) is 17.8. The van der Waals surface area contributed by atoms with Crippen molar-refractivity contribution in [2.24, 2.45) is 5.14 Å². The topological polar surface area (TPSA) is 89.3 Å². The maximum absolute atomic E-state index is 12.0. The van der Waals surface area contributed by atoms with Crippen LogP contribution in [0.15, 0.2) is 16.3 Å². The lowest BCUT2D eigenvalue weighted by Crippen LogP contribution is -2.53. The van der Waals surface area contributed by atoms with E-state index in [2.05, 4.69) is 12.2 Å². The molecule has 0 unspecified atom stereocenters. The molecule has 0 spiro atoms. The van der Waals surface area contributed by atoms with Crippen molar-refractivity contribution in [3.05, 3.63) is 17.0 Å². The third kappa shape index (κ3) is 3.34. The van der Waals surface area contributed by atoms with Gasteiger partial charge in [-0.1, -0.05) is 6.92 Å². The first-order valence-electron chi connectivity index (χ1n) is 6.27. The van der Waals surface area contributed by atoms with Gasteiger partial charge in [-0.15, -0.1) is 11.3 Å². The Hall–Kier alpha value is -0.920. The van der Waals surface area contributed by atoms with Crippen LogP contribution in [0, 0.1) is 0 Å². The summed E-state index contributed by atoms with van der Waals surface area (Å²) in [5.41, 5.74) is -0.0306. The average molecular weight is 302 g/mol. The van der Waals surface area contributed by atoms with Gasteiger partial charge in [-0.2, -0.15) is 0 Å². The summed E-state index contributed by atoms with van der Waals surface area (Å²) in [6, 6.07) is 3.09. The van der Waals surface area contributed by atoms with Crippen molar-refractivity contribution in [2.75, 3.05) is 0 Å². The van der Waals surface area contributed by atoms with Crippen LogP contribution in [0.3, 0.4) is 0 Å². The summed E-state index contributed by atoms with van der Waals surface area (Å²) < 4.78 is 22.4. The Morgan fingerprint density at radius 2 is 2.16 bits per heavy atom. The zero-order valence-electron chi connectivity index (χ0n) is 10.8. The standard InChI is InChI=1S/C12H18N2O3S2/c1-2-12(6-3-7-12)14-10(15)8-9-4-5-11(18-9)19(13,16)17/h4-5H,2-3,6-8H2,1H3,(H,14,15)(H2,13,16,17). The number of nitrogens with two attached hydrogens (primary N) is 1. The van der Waals surface area contributed by atoms with Gasteiger partial charge in [0.05, 0.1) is 6.42 Å². The lowest BCUT2D eigenvalue weighted by atomic mass is 9.75. The Labute approximate surface area is 117 Å². The fraction of sp³-hybridized carbons (Fsp3) is 0.583. The van der Waals surface area contributed by atoms with Crippen molar-refractivity contribution in [2.45, 2.75) is 48.8 Å². The van der Waals surface area contributed by atoms with Gasteiger partial charge in [0.25, 0.3) is 0 Å². The number of carbonyl (C=O) groups is 1. The fourth-order valence-electron chi connectivity index (χ4n) is 2.27. The summed E-state index contributed by atoms with van der Waals surface area (Å²) in [5, 5.41) is 8.10.